The highest BCUT2D eigenvalue weighted by atomic mass is 35.5. The van der Waals surface area contributed by atoms with Crippen LogP contribution < -0.4 is 10.1 Å². The number of hydrogen-bond donors (Lipinski definition) is 3. The molecule has 2 aliphatic heterocycles. The van der Waals surface area contributed by atoms with Gasteiger partial charge in [0, 0.05) is 35.3 Å². The topological polar surface area (TPSA) is 111 Å². The van der Waals surface area contributed by atoms with Gasteiger partial charge in [-0.05, 0) is 32.0 Å². The molecule has 2 aromatic rings. The van der Waals surface area contributed by atoms with Gasteiger partial charge in [-0.25, -0.2) is 9.38 Å². The standard InChI is InChI=1S/C24H23ClFN5O3/c1-13-22(25)14(2)30-23(29-13)18-10-31(11-19(18)27)24(33)17-6-5-16(26)8-21(17)34-12-20(32)15-4-3-7-28-9-15/h3-9,20,27,29,32H,10-12H2,1-2H3/b23-18+,27-19?. The number of aliphatic hydroxyl groups excluding tert-OH is 1. The van der Waals surface area contributed by atoms with Crippen molar-refractivity contribution in [2.24, 2.45) is 4.99 Å². The van der Waals surface area contributed by atoms with Crippen LogP contribution >= 0.6 is 11.6 Å². The maximum absolute atomic E-state index is 14.0. The van der Waals surface area contributed by atoms with E-state index < -0.39 is 17.8 Å². The van der Waals surface area contributed by atoms with Crippen LogP contribution in [0.5, 0.6) is 5.75 Å². The van der Waals surface area contributed by atoms with Crippen molar-refractivity contribution in [1.29, 1.82) is 5.41 Å². The molecular weight excluding hydrogens is 461 g/mol. The molecule has 1 saturated heterocycles. The maximum Gasteiger partial charge on any atom is 0.258 e. The normalized spacial score (nSPS) is 19.1. The number of hydrogen-bond acceptors (Lipinski definition) is 7. The van der Waals surface area contributed by atoms with Crippen LogP contribution in [0.2, 0.25) is 0 Å². The van der Waals surface area contributed by atoms with Gasteiger partial charge in [0.05, 0.1) is 35.1 Å². The average molecular weight is 484 g/mol. The molecule has 0 bridgehead atoms. The lowest BCUT2D eigenvalue weighted by Crippen LogP contribution is -2.29. The van der Waals surface area contributed by atoms with E-state index in [0.717, 1.165) is 11.8 Å². The third kappa shape index (κ3) is 4.85. The minimum absolute atomic E-state index is 0.00999. The van der Waals surface area contributed by atoms with E-state index in [0.29, 0.717) is 27.7 Å². The Kier molecular flexibility index (Phi) is 6.76. The minimum Gasteiger partial charge on any atom is -0.490 e. The number of aliphatic hydroxyl groups is 1. The summed E-state index contributed by atoms with van der Waals surface area (Å²) in [6.45, 7) is 3.61. The third-order valence-corrected chi connectivity index (χ3v) is 6.06. The van der Waals surface area contributed by atoms with Gasteiger partial charge in [-0.15, -0.1) is 0 Å². The van der Waals surface area contributed by atoms with Crippen molar-refractivity contribution >= 4 is 28.9 Å². The van der Waals surface area contributed by atoms with E-state index in [1.54, 1.807) is 25.3 Å². The highest BCUT2D eigenvalue weighted by Gasteiger charge is 2.32. The lowest BCUT2D eigenvalue weighted by Gasteiger charge is -2.20. The number of carbonyl (C=O) groups excluding carboxylic acids is 1. The number of pyridine rings is 1. The van der Waals surface area contributed by atoms with Gasteiger partial charge in [0.15, 0.2) is 0 Å². The smallest absolute Gasteiger partial charge is 0.258 e. The van der Waals surface area contributed by atoms with E-state index in [-0.39, 0.29) is 36.7 Å². The van der Waals surface area contributed by atoms with Crippen molar-refractivity contribution in [2.45, 2.75) is 20.0 Å². The molecule has 3 N–H and O–H groups in total. The van der Waals surface area contributed by atoms with Crippen LogP contribution in [-0.4, -0.2) is 52.0 Å². The number of rotatable bonds is 5. The van der Waals surface area contributed by atoms with Crippen LogP contribution in [0.25, 0.3) is 0 Å². The summed E-state index contributed by atoms with van der Waals surface area (Å²) < 4.78 is 19.6. The summed E-state index contributed by atoms with van der Waals surface area (Å²) in [6, 6.07) is 6.99. The largest absolute Gasteiger partial charge is 0.490 e. The SMILES string of the molecule is CC1=N/C(=C2\CN(C(=O)c3ccc(F)cc3OCC(O)c3cccnc3)CC2=N)NC(C)=C1Cl. The highest BCUT2D eigenvalue weighted by Crippen LogP contribution is 2.27. The lowest BCUT2D eigenvalue weighted by molar-refractivity contribution is 0.0787. The van der Waals surface area contributed by atoms with Crippen LogP contribution in [0.1, 0.15) is 35.9 Å². The Morgan fingerprint density at radius 3 is 2.85 bits per heavy atom. The van der Waals surface area contributed by atoms with E-state index in [1.807, 2.05) is 6.92 Å². The number of amides is 1. The lowest BCUT2D eigenvalue weighted by atomic mass is 10.1. The second kappa shape index (κ2) is 9.74. The molecule has 2 aliphatic rings. The van der Waals surface area contributed by atoms with E-state index in [9.17, 15) is 14.3 Å². The number of nitrogens with zero attached hydrogens (tertiary/aromatic N) is 3. The molecule has 34 heavy (non-hydrogen) atoms. The zero-order valence-corrected chi connectivity index (χ0v) is 19.4. The van der Waals surface area contributed by atoms with E-state index in [1.165, 1.54) is 23.2 Å². The molecule has 1 unspecified atom stereocenters. The van der Waals surface area contributed by atoms with Crippen molar-refractivity contribution in [3.8, 4) is 5.75 Å². The quantitative estimate of drug-likeness (QED) is 0.602. The number of nitrogens with one attached hydrogen (secondary N) is 2. The number of allylic oxidation sites excluding steroid dienone is 2. The minimum atomic E-state index is -1.00. The summed E-state index contributed by atoms with van der Waals surface area (Å²) in [6.07, 6.45) is 2.08. The van der Waals surface area contributed by atoms with Crippen molar-refractivity contribution in [3.63, 3.8) is 0 Å². The Bertz CT molecular complexity index is 1240. The summed E-state index contributed by atoms with van der Waals surface area (Å²) in [4.78, 5) is 23.1. The Labute approximate surface area is 200 Å². The first kappa shape index (κ1) is 23.6. The number of likely N-dealkylation sites (tertiary alicyclic amines) is 1. The Morgan fingerprint density at radius 2 is 2.15 bits per heavy atom. The van der Waals surface area contributed by atoms with Gasteiger partial charge in [-0.3, -0.25) is 9.78 Å². The fourth-order valence-corrected chi connectivity index (χ4v) is 3.77. The van der Waals surface area contributed by atoms with Crippen LogP contribution in [0, 0.1) is 11.2 Å². The fraction of sp³-hybridized carbons (Fsp3) is 0.250. The van der Waals surface area contributed by atoms with E-state index in [4.69, 9.17) is 21.7 Å². The van der Waals surface area contributed by atoms with E-state index in [2.05, 4.69) is 15.3 Å². The predicted molar refractivity (Wildman–Crippen MR) is 127 cm³/mol. The molecule has 0 aliphatic carbocycles. The van der Waals surface area contributed by atoms with Gasteiger partial charge < -0.3 is 25.5 Å². The summed E-state index contributed by atoms with van der Waals surface area (Å²) in [7, 11) is 0. The van der Waals surface area contributed by atoms with Crippen molar-refractivity contribution < 1.29 is 19.0 Å². The number of ether oxygens (including phenoxy) is 1. The zero-order valence-electron chi connectivity index (χ0n) is 18.6. The Morgan fingerprint density at radius 1 is 1.35 bits per heavy atom. The van der Waals surface area contributed by atoms with Crippen LogP contribution in [0.15, 0.2) is 69.8 Å². The number of aliphatic imine (C=N–C) groups is 1. The van der Waals surface area contributed by atoms with Crippen LogP contribution in [0.4, 0.5) is 4.39 Å². The first-order valence-corrected chi connectivity index (χ1v) is 10.9. The molecule has 0 spiro atoms. The van der Waals surface area contributed by atoms with Crippen molar-refractivity contribution in [3.05, 3.63) is 81.8 Å². The van der Waals surface area contributed by atoms with Gasteiger partial charge in [-0.2, -0.15) is 0 Å². The number of aromatic nitrogens is 1. The van der Waals surface area contributed by atoms with Gasteiger partial charge in [0.25, 0.3) is 5.91 Å². The summed E-state index contributed by atoms with van der Waals surface area (Å²) >= 11 is 6.19. The molecule has 4 rings (SSSR count). The molecule has 1 aromatic heterocycles. The zero-order chi connectivity index (χ0) is 24.4. The average Bonchev–Trinajstić information content (AvgIpc) is 3.22. The molecule has 0 radical (unpaired) electrons. The fourth-order valence-electron chi connectivity index (χ4n) is 3.68. The van der Waals surface area contributed by atoms with Crippen molar-refractivity contribution in [2.75, 3.05) is 19.7 Å². The number of halogens is 2. The summed E-state index contributed by atoms with van der Waals surface area (Å²) in [5, 5.41) is 22.3. The predicted octanol–water partition coefficient (Wildman–Crippen LogP) is 3.55. The van der Waals surface area contributed by atoms with Gasteiger partial charge in [0.2, 0.25) is 0 Å². The molecule has 1 amide bonds. The first-order chi connectivity index (χ1) is 16.2. The van der Waals surface area contributed by atoms with Gasteiger partial charge >= 0.3 is 0 Å². The molecule has 1 fully saturated rings. The molecular formula is C24H23ClFN5O3. The van der Waals surface area contributed by atoms with Gasteiger partial charge in [0.1, 0.15) is 30.1 Å². The second-order valence-electron chi connectivity index (χ2n) is 7.98. The molecule has 8 nitrogen and oxygen atoms in total. The molecule has 1 atom stereocenters. The summed E-state index contributed by atoms with van der Waals surface area (Å²) in [5.41, 5.74) is 2.84. The summed E-state index contributed by atoms with van der Waals surface area (Å²) in [5.74, 6) is -0.506. The molecule has 1 aromatic carbocycles. The first-order valence-electron chi connectivity index (χ1n) is 10.5. The number of carbonyl (C=O) groups is 1. The molecule has 3 heterocycles. The second-order valence-corrected chi connectivity index (χ2v) is 8.36. The van der Waals surface area contributed by atoms with Crippen LogP contribution in [-0.2, 0) is 0 Å². The van der Waals surface area contributed by atoms with Crippen molar-refractivity contribution in [1.82, 2.24) is 15.2 Å². The van der Waals surface area contributed by atoms with E-state index >= 15 is 0 Å². The number of benzene rings is 1. The Balaban J connectivity index is 1.54. The van der Waals surface area contributed by atoms with Crippen LogP contribution in [0.3, 0.4) is 0 Å². The monoisotopic (exact) mass is 483 g/mol. The van der Waals surface area contributed by atoms with Gasteiger partial charge in [-0.1, -0.05) is 17.7 Å². The Hall–Kier alpha value is -3.56. The molecule has 10 heteroatoms. The third-order valence-electron chi connectivity index (χ3n) is 5.51. The molecule has 0 saturated carbocycles. The highest BCUT2D eigenvalue weighted by molar-refractivity contribution is 6.43. The molecule has 176 valence electrons. The maximum atomic E-state index is 14.0.